The van der Waals surface area contributed by atoms with E-state index in [0.717, 1.165) is 11.4 Å². The minimum Gasteiger partial charge on any atom is -0.481 e. The molecule has 1 heterocycles. The predicted molar refractivity (Wildman–Crippen MR) is 52.1 cm³/mol. The summed E-state index contributed by atoms with van der Waals surface area (Å²) >= 11 is 1.50. The zero-order valence-corrected chi connectivity index (χ0v) is 8.60. The summed E-state index contributed by atoms with van der Waals surface area (Å²) in [6.45, 7) is 3.87. The average Bonchev–Trinajstić information content (AvgIpc) is 2.46. The standard InChI is InChI=1S/C9H13NO2S/c1-3-4-7(9(11)12)8-5-13-6(2)10-8/h5,7H,3-4H2,1-2H3,(H,11,12). The van der Waals surface area contributed by atoms with E-state index >= 15 is 0 Å². The Morgan fingerprint density at radius 1 is 1.77 bits per heavy atom. The summed E-state index contributed by atoms with van der Waals surface area (Å²) in [6, 6.07) is 0. The van der Waals surface area contributed by atoms with E-state index in [2.05, 4.69) is 4.98 Å². The van der Waals surface area contributed by atoms with Gasteiger partial charge in [0.1, 0.15) is 0 Å². The Morgan fingerprint density at radius 2 is 2.46 bits per heavy atom. The van der Waals surface area contributed by atoms with Crippen LogP contribution in [0.2, 0.25) is 0 Å². The van der Waals surface area contributed by atoms with Crippen molar-refractivity contribution in [1.82, 2.24) is 4.98 Å². The minimum absolute atomic E-state index is 0.421. The van der Waals surface area contributed by atoms with Crippen LogP contribution in [0.1, 0.15) is 36.4 Å². The van der Waals surface area contributed by atoms with Gasteiger partial charge in [-0.05, 0) is 13.3 Å². The van der Waals surface area contributed by atoms with E-state index in [0.29, 0.717) is 12.1 Å². The van der Waals surface area contributed by atoms with Crippen molar-refractivity contribution in [1.29, 1.82) is 0 Å². The third-order valence-electron chi connectivity index (χ3n) is 1.87. The van der Waals surface area contributed by atoms with Crippen molar-refractivity contribution in [2.24, 2.45) is 0 Å². The highest BCUT2D eigenvalue weighted by atomic mass is 32.1. The Bertz CT molecular complexity index is 296. The lowest BCUT2D eigenvalue weighted by Crippen LogP contribution is -2.11. The van der Waals surface area contributed by atoms with Gasteiger partial charge in [-0.25, -0.2) is 4.98 Å². The Balaban J connectivity index is 2.81. The number of carboxylic acids is 1. The molecule has 0 aliphatic rings. The van der Waals surface area contributed by atoms with Gasteiger partial charge in [-0.3, -0.25) is 4.79 Å². The second-order valence-corrected chi connectivity index (χ2v) is 4.03. The van der Waals surface area contributed by atoms with E-state index in [-0.39, 0.29) is 0 Å². The van der Waals surface area contributed by atoms with Gasteiger partial charge < -0.3 is 5.11 Å². The van der Waals surface area contributed by atoms with Gasteiger partial charge >= 0.3 is 5.97 Å². The van der Waals surface area contributed by atoms with Crippen LogP contribution in [0, 0.1) is 6.92 Å². The molecule has 3 nitrogen and oxygen atoms in total. The molecule has 1 unspecified atom stereocenters. The van der Waals surface area contributed by atoms with Crippen LogP contribution < -0.4 is 0 Å². The second-order valence-electron chi connectivity index (χ2n) is 2.97. The van der Waals surface area contributed by atoms with Crippen LogP contribution in [-0.4, -0.2) is 16.1 Å². The van der Waals surface area contributed by atoms with Crippen molar-refractivity contribution < 1.29 is 9.90 Å². The third-order valence-corrected chi connectivity index (χ3v) is 2.66. The van der Waals surface area contributed by atoms with Crippen LogP contribution in [0.4, 0.5) is 0 Å². The minimum atomic E-state index is -0.771. The number of hydrogen-bond acceptors (Lipinski definition) is 3. The molecule has 1 aromatic rings. The third kappa shape index (κ3) is 2.52. The van der Waals surface area contributed by atoms with Crippen LogP contribution in [0.3, 0.4) is 0 Å². The molecule has 1 N–H and O–H groups in total. The lowest BCUT2D eigenvalue weighted by Gasteiger charge is -2.06. The van der Waals surface area contributed by atoms with E-state index in [1.165, 1.54) is 11.3 Å². The Hall–Kier alpha value is -0.900. The first-order chi connectivity index (χ1) is 6.15. The fourth-order valence-corrected chi connectivity index (χ4v) is 1.89. The first-order valence-corrected chi connectivity index (χ1v) is 5.18. The topological polar surface area (TPSA) is 50.2 Å². The van der Waals surface area contributed by atoms with E-state index in [1.807, 2.05) is 19.2 Å². The molecule has 1 atom stereocenters. The largest absolute Gasteiger partial charge is 0.481 e. The van der Waals surface area contributed by atoms with Crippen LogP contribution in [-0.2, 0) is 4.79 Å². The maximum absolute atomic E-state index is 10.9. The van der Waals surface area contributed by atoms with Gasteiger partial charge in [-0.2, -0.15) is 0 Å². The molecule has 0 aliphatic heterocycles. The van der Waals surface area contributed by atoms with Crippen LogP contribution in [0.5, 0.6) is 0 Å². The van der Waals surface area contributed by atoms with Gasteiger partial charge in [0.05, 0.1) is 16.6 Å². The Labute approximate surface area is 81.4 Å². The number of aromatic nitrogens is 1. The number of carbonyl (C=O) groups is 1. The number of rotatable bonds is 4. The van der Waals surface area contributed by atoms with Crippen molar-refractivity contribution in [3.8, 4) is 0 Å². The SMILES string of the molecule is CCCC(C(=O)O)c1csc(C)n1. The fraction of sp³-hybridized carbons (Fsp3) is 0.556. The molecule has 4 heteroatoms. The Kier molecular flexibility index (Phi) is 3.42. The average molecular weight is 199 g/mol. The number of thiazole rings is 1. The smallest absolute Gasteiger partial charge is 0.312 e. The first-order valence-electron chi connectivity index (χ1n) is 4.30. The molecule has 0 radical (unpaired) electrons. The van der Waals surface area contributed by atoms with Crippen molar-refractivity contribution in [3.63, 3.8) is 0 Å². The molecule has 0 spiro atoms. The van der Waals surface area contributed by atoms with Gasteiger partial charge in [-0.15, -0.1) is 11.3 Å². The fourth-order valence-electron chi connectivity index (χ4n) is 1.23. The summed E-state index contributed by atoms with van der Waals surface area (Å²) in [5, 5.41) is 11.7. The Morgan fingerprint density at radius 3 is 2.85 bits per heavy atom. The van der Waals surface area contributed by atoms with Crippen LogP contribution >= 0.6 is 11.3 Å². The molecule has 0 saturated heterocycles. The number of nitrogens with zero attached hydrogens (tertiary/aromatic N) is 1. The highest BCUT2D eigenvalue weighted by Crippen LogP contribution is 2.22. The first kappa shape index (κ1) is 10.2. The summed E-state index contributed by atoms with van der Waals surface area (Å²) in [5.74, 6) is -1.19. The number of carboxylic acid groups (broad SMARTS) is 1. The molecular weight excluding hydrogens is 186 g/mol. The highest BCUT2D eigenvalue weighted by Gasteiger charge is 2.20. The van der Waals surface area contributed by atoms with Crippen molar-refractivity contribution >= 4 is 17.3 Å². The van der Waals surface area contributed by atoms with Crippen molar-refractivity contribution in [2.45, 2.75) is 32.6 Å². The molecule has 0 aliphatic carbocycles. The van der Waals surface area contributed by atoms with Gasteiger partial charge in [0.15, 0.2) is 0 Å². The number of hydrogen-bond donors (Lipinski definition) is 1. The summed E-state index contributed by atoms with van der Waals surface area (Å²) in [4.78, 5) is 15.1. The molecule has 1 rings (SSSR count). The molecule has 0 bridgehead atoms. The van der Waals surface area contributed by atoms with Gasteiger partial charge in [-0.1, -0.05) is 13.3 Å². The molecule has 0 fully saturated rings. The molecule has 72 valence electrons. The molecule has 13 heavy (non-hydrogen) atoms. The summed E-state index contributed by atoms with van der Waals surface area (Å²) in [6.07, 6.45) is 1.53. The molecular formula is C9H13NO2S. The summed E-state index contributed by atoms with van der Waals surface area (Å²) < 4.78 is 0. The van der Waals surface area contributed by atoms with Crippen molar-refractivity contribution in [2.75, 3.05) is 0 Å². The van der Waals surface area contributed by atoms with Crippen molar-refractivity contribution in [3.05, 3.63) is 16.1 Å². The molecule has 1 aromatic heterocycles. The van der Waals surface area contributed by atoms with Crippen LogP contribution in [0.15, 0.2) is 5.38 Å². The quantitative estimate of drug-likeness (QED) is 0.810. The molecule has 0 amide bonds. The monoisotopic (exact) mass is 199 g/mol. The molecule has 0 saturated carbocycles. The maximum Gasteiger partial charge on any atom is 0.312 e. The normalized spacial score (nSPS) is 12.8. The second kappa shape index (κ2) is 4.37. The van der Waals surface area contributed by atoms with Gasteiger partial charge in [0.2, 0.25) is 0 Å². The zero-order valence-electron chi connectivity index (χ0n) is 7.78. The van der Waals surface area contributed by atoms with Crippen LogP contribution in [0.25, 0.3) is 0 Å². The van der Waals surface area contributed by atoms with Gasteiger partial charge in [0.25, 0.3) is 0 Å². The van der Waals surface area contributed by atoms with E-state index in [1.54, 1.807) is 0 Å². The molecule has 0 aromatic carbocycles. The lowest BCUT2D eigenvalue weighted by atomic mass is 10.0. The van der Waals surface area contributed by atoms with E-state index < -0.39 is 11.9 Å². The van der Waals surface area contributed by atoms with Gasteiger partial charge in [0, 0.05) is 5.38 Å². The predicted octanol–water partition coefficient (Wildman–Crippen LogP) is 2.42. The van der Waals surface area contributed by atoms with E-state index in [4.69, 9.17) is 5.11 Å². The highest BCUT2D eigenvalue weighted by molar-refractivity contribution is 7.09. The number of aryl methyl sites for hydroxylation is 1. The number of aliphatic carboxylic acids is 1. The lowest BCUT2D eigenvalue weighted by molar-refractivity contribution is -0.139. The zero-order chi connectivity index (χ0) is 9.84. The summed E-state index contributed by atoms with van der Waals surface area (Å²) in [5.41, 5.74) is 0.705. The van der Waals surface area contributed by atoms with E-state index in [9.17, 15) is 4.79 Å². The maximum atomic E-state index is 10.9. The summed E-state index contributed by atoms with van der Waals surface area (Å²) in [7, 11) is 0.